The number of benzene rings is 1. The lowest BCUT2D eigenvalue weighted by Crippen LogP contribution is -2.23. The summed E-state index contributed by atoms with van der Waals surface area (Å²) in [6, 6.07) is 5.63. The minimum absolute atomic E-state index is 0.0505. The van der Waals surface area contributed by atoms with Crippen molar-refractivity contribution in [3.63, 3.8) is 0 Å². The minimum Gasteiger partial charge on any atom is -0.455 e. The van der Waals surface area contributed by atoms with Crippen LogP contribution in [0.4, 0.5) is 4.39 Å². The summed E-state index contributed by atoms with van der Waals surface area (Å²) in [4.78, 5) is 10.8. The van der Waals surface area contributed by atoms with Gasteiger partial charge in [-0.15, -0.1) is 0 Å². The molecule has 7 heteroatoms. The Bertz CT molecular complexity index is 559. The SMILES string of the molecule is CCC(F)C(OC(C)=O)c1ccccc1S(N)(=O)=O. The van der Waals surface area contributed by atoms with Gasteiger partial charge in [-0.25, -0.2) is 17.9 Å². The van der Waals surface area contributed by atoms with E-state index in [1.807, 2.05) is 0 Å². The van der Waals surface area contributed by atoms with Gasteiger partial charge in [0.25, 0.3) is 0 Å². The molecule has 2 unspecified atom stereocenters. The van der Waals surface area contributed by atoms with Crippen LogP contribution in [0.5, 0.6) is 0 Å². The number of hydrogen-bond donors (Lipinski definition) is 1. The van der Waals surface area contributed by atoms with Gasteiger partial charge >= 0.3 is 5.97 Å². The number of alkyl halides is 1. The van der Waals surface area contributed by atoms with Gasteiger partial charge < -0.3 is 4.74 Å². The smallest absolute Gasteiger partial charge is 0.303 e. The molecule has 0 fully saturated rings. The Hall–Kier alpha value is -1.47. The van der Waals surface area contributed by atoms with Crippen LogP contribution in [0, 0.1) is 0 Å². The van der Waals surface area contributed by atoms with E-state index in [9.17, 15) is 17.6 Å². The van der Waals surface area contributed by atoms with E-state index in [4.69, 9.17) is 9.88 Å². The molecule has 0 heterocycles. The molecule has 0 amide bonds. The van der Waals surface area contributed by atoms with Crippen LogP contribution in [0.25, 0.3) is 0 Å². The van der Waals surface area contributed by atoms with Gasteiger partial charge in [-0.3, -0.25) is 4.79 Å². The van der Waals surface area contributed by atoms with Crippen LogP contribution in [-0.4, -0.2) is 20.6 Å². The molecule has 5 nitrogen and oxygen atoms in total. The summed E-state index contributed by atoms with van der Waals surface area (Å²) in [6.45, 7) is 2.70. The summed E-state index contributed by atoms with van der Waals surface area (Å²) in [5, 5.41) is 5.08. The number of halogens is 1. The van der Waals surface area contributed by atoms with E-state index in [1.165, 1.54) is 24.3 Å². The van der Waals surface area contributed by atoms with E-state index in [0.717, 1.165) is 6.92 Å². The van der Waals surface area contributed by atoms with E-state index < -0.39 is 28.3 Å². The number of rotatable bonds is 5. The van der Waals surface area contributed by atoms with Crippen LogP contribution in [0.15, 0.2) is 29.2 Å². The van der Waals surface area contributed by atoms with Crippen LogP contribution in [0.1, 0.15) is 31.9 Å². The highest BCUT2D eigenvalue weighted by molar-refractivity contribution is 7.89. The first-order chi connectivity index (χ1) is 8.77. The monoisotopic (exact) mass is 289 g/mol. The lowest BCUT2D eigenvalue weighted by molar-refractivity contribution is -0.150. The second-order valence-corrected chi connectivity index (χ2v) is 5.57. The largest absolute Gasteiger partial charge is 0.455 e. The zero-order valence-corrected chi connectivity index (χ0v) is 11.5. The average molecular weight is 289 g/mol. The lowest BCUT2D eigenvalue weighted by atomic mass is 10.0. The Labute approximate surface area is 111 Å². The molecule has 0 aliphatic rings. The molecular weight excluding hydrogens is 273 g/mol. The van der Waals surface area contributed by atoms with Crippen molar-refractivity contribution >= 4 is 16.0 Å². The molecule has 0 spiro atoms. The quantitative estimate of drug-likeness (QED) is 0.836. The molecule has 0 saturated heterocycles. The molecule has 2 atom stereocenters. The highest BCUT2D eigenvalue weighted by Crippen LogP contribution is 2.30. The molecule has 19 heavy (non-hydrogen) atoms. The van der Waals surface area contributed by atoms with Gasteiger partial charge in [0, 0.05) is 12.5 Å². The number of sulfonamides is 1. The number of carbonyl (C=O) groups excluding carboxylic acids is 1. The van der Waals surface area contributed by atoms with Crippen LogP contribution in [0.2, 0.25) is 0 Å². The van der Waals surface area contributed by atoms with E-state index in [2.05, 4.69) is 0 Å². The first-order valence-electron chi connectivity index (χ1n) is 5.70. The maximum atomic E-state index is 13.9. The molecule has 1 aromatic carbocycles. The molecule has 0 bridgehead atoms. The fraction of sp³-hybridized carbons (Fsp3) is 0.417. The van der Waals surface area contributed by atoms with Crippen molar-refractivity contribution in [3.05, 3.63) is 29.8 Å². The third-order valence-electron chi connectivity index (χ3n) is 2.54. The summed E-state index contributed by atoms with van der Waals surface area (Å²) in [5.74, 6) is -0.690. The Morgan fingerprint density at radius 1 is 1.42 bits per heavy atom. The van der Waals surface area contributed by atoms with Crippen LogP contribution < -0.4 is 5.14 Å². The predicted molar refractivity (Wildman–Crippen MR) is 67.5 cm³/mol. The van der Waals surface area contributed by atoms with Gasteiger partial charge in [-0.2, -0.15) is 0 Å². The maximum absolute atomic E-state index is 13.9. The second kappa shape index (κ2) is 6.12. The number of primary sulfonamides is 1. The van der Waals surface area contributed by atoms with E-state index >= 15 is 0 Å². The van der Waals surface area contributed by atoms with Crippen molar-refractivity contribution < 1.29 is 22.3 Å². The number of hydrogen-bond acceptors (Lipinski definition) is 4. The standard InChI is InChI=1S/C12H16FNO4S/c1-3-10(13)12(18-8(2)15)9-6-4-5-7-11(9)19(14,16)17/h4-7,10,12H,3H2,1-2H3,(H2,14,16,17). The van der Waals surface area contributed by atoms with Crippen molar-refractivity contribution in [1.82, 2.24) is 0 Å². The summed E-state index contributed by atoms with van der Waals surface area (Å²) >= 11 is 0. The molecule has 0 aliphatic heterocycles. The number of nitrogens with two attached hydrogens (primary N) is 1. The van der Waals surface area contributed by atoms with Gasteiger partial charge in [0.2, 0.25) is 10.0 Å². The van der Waals surface area contributed by atoms with Crippen LogP contribution >= 0.6 is 0 Å². The Kier molecular flexibility index (Phi) is 5.02. The van der Waals surface area contributed by atoms with Gasteiger partial charge in [0.15, 0.2) is 6.10 Å². The number of carbonyl (C=O) groups is 1. The Morgan fingerprint density at radius 2 is 2.00 bits per heavy atom. The summed E-state index contributed by atoms with van der Waals surface area (Å²) in [7, 11) is -4.01. The zero-order chi connectivity index (χ0) is 14.6. The lowest BCUT2D eigenvalue weighted by Gasteiger charge is -2.22. The normalized spacial score (nSPS) is 14.7. The average Bonchev–Trinajstić information content (AvgIpc) is 2.34. The van der Waals surface area contributed by atoms with Crippen molar-refractivity contribution in [2.24, 2.45) is 5.14 Å². The second-order valence-electron chi connectivity index (χ2n) is 4.04. The Balaban J connectivity index is 3.34. The van der Waals surface area contributed by atoms with Crippen molar-refractivity contribution in [2.45, 2.75) is 37.4 Å². The first-order valence-corrected chi connectivity index (χ1v) is 7.25. The van der Waals surface area contributed by atoms with Gasteiger partial charge in [0.05, 0.1) is 4.90 Å². The molecule has 2 N–H and O–H groups in total. The van der Waals surface area contributed by atoms with Gasteiger partial charge in [0.1, 0.15) is 6.17 Å². The molecule has 0 saturated carbocycles. The van der Waals surface area contributed by atoms with Crippen molar-refractivity contribution in [3.8, 4) is 0 Å². The van der Waals surface area contributed by atoms with Crippen molar-refractivity contribution in [2.75, 3.05) is 0 Å². The van der Waals surface area contributed by atoms with E-state index in [0.29, 0.717) is 0 Å². The fourth-order valence-electron chi connectivity index (χ4n) is 1.70. The van der Waals surface area contributed by atoms with Crippen LogP contribution in [0.3, 0.4) is 0 Å². The highest BCUT2D eigenvalue weighted by atomic mass is 32.2. The molecule has 106 valence electrons. The number of esters is 1. The van der Waals surface area contributed by atoms with Crippen molar-refractivity contribution in [1.29, 1.82) is 0 Å². The first kappa shape index (κ1) is 15.6. The molecule has 0 aromatic heterocycles. The van der Waals surface area contributed by atoms with E-state index in [-0.39, 0.29) is 16.9 Å². The minimum atomic E-state index is -4.01. The summed E-state index contributed by atoms with van der Waals surface area (Å²) in [5.41, 5.74) is 0.0505. The summed E-state index contributed by atoms with van der Waals surface area (Å²) < 4.78 is 41.7. The zero-order valence-electron chi connectivity index (χ0n) is 10.7. The van der Waals surface area contributed by atoms with E-state index in [1.54, 1.807) is 6.92 Å². The third-order valence-corrected chi connectivity index (χ3v) is 3.53. The van der Waals surface area contributed by atoms with Gasteiger partial charge in [-0.05, 0) is 12.5 Å². The maximum Gasteiger partial charge on any atom is 0.303 e. The summed E-state index contributed by atoms with van der Waals surface area (Å²) in [6.07, 6.45) is -2.71. The third kappa shape index (κ3) is 4.00. The highest BCUT2D eigenvalue weighted by Gasteiger charge is 2.29. The fourth-order valence-corrected chi connectivity index (χ4v) is 2.48. The van der Waals surface area contributed by atoms with Gasteiger partial charge in [-0.1, -0.05) is 25.1 Å². The molecule has 1 rings (SSSR count). The number of ether oxygens (including phenoxy) is 1. The topological polar surface area (TPSA) is 86.5 Å². The Morgan fingerprint density at radius 3 is 2.47 bits per heavy atom. The molecule has 0 radical (unpaired) electrons. The molecule has 0 aliphatic carbocycles. The molecular formula is C12H16FNO4S. The molecule has 1 aromatic rings. The predicted octanol–water partition coefficient (Wildman–Crippen LogP) is 1.69. The van der Waals surface area contributed by atoms with Crippen LogP contribution in [-0.2, 0) is 19.6 Å².